The molecule has 14 heteroatoms. The minimum Gasteiger partial charge on any atom is -0.508 e. The molecule has 7 rings (SSSR count). The van der Waals surface area contributed by atoms with Crippen LogP contribution in [0.3, 0.4) is 0 Å². The number of hydrogen-bond donors (Lipinski definition) is 1. The second kappa shape index (κ2) is 10.8. The van der Waals surface area contributed by atoms with E-state index in [1.165, 1.54) is 31.2 Å². The fourth-order valence-corrected chi connectivity index (χ4v) is 8.12. The predicted octanol–water partition coefficient (Wildman–Crippen LogP) is 5.63. The number of fused-ring (bicyclic) bond motifs is 4. The van der Waals surface area contributed by atoms with Crippen LogP contribution in [0.15, 0.2) is 84.4 Å². The Morgan fingerprint density at radius 3 is 2.21 bits per heavy atom. The van der Waals surface area contributed by atoms with Gasteiger partial charge in [0.2, 0.25) is 23.6 Å². The highest BCUT2D eigenvalue weighted by Crippen LogP contribution is 2.64. The van der Waals surface area contributed by atoms with Crippen LogP contribution in [0.1, 0.15) is 31.2 Å². The number of halogens is 3. The summed E-state index contributed by atoms with van der Waals surface area (Å²) in [5.41, 5.74) is -1.10. The van der Waals surface area contributed by atoms with Crippen molar-refractivity contribution in [2.45, 2.75) is 32.0 Å². The number of allylic oxidation sites excluding steroid dienone is 2. The van der Waals surface area contributed by atoms with Crippen LogP contribution < -0.4 is 14.5 Å². The Balaban J connectivity index is 1.36. The molecule has 0 bridgehead atoms. The first-order valence-electron chi connectivity index (χ1n) is 15.1. The summed E-state index contributed by atoms with van der Waals surface area (Å²) in [5.74, 6) is -8.40. The lowest BCUT2D eigenvalue weighted by Gasteiger charge is -2.49. The molecule has 6 atom stereocenters. The third-order valence-corrected chi connectivity index (χ3v) is 10.2. The molecule has 4 aliphatic rings. The number of nitro groups is 1. The number of phenolic OH excluding ortho intramolecular Hbond substituents is 1. The second-order valence-corrected chi connectivity index (χ2v) is 12.6. The van der Waals surface area contributed by atoms with Crippen molar-refractivity contribution in [3.8, 4) is 11.5 Å². The molecule has 2 saturated heterocycles. The molecule has 48 heavy (non-hydrogen) atoms. The molecule has 0 radical (unpaired) electrons. The molecule has 1 saturated carbocycles. The second-order valence-electron chi connectivity index (χ2n) is 12.6. The summed E-state index contributed by atoms with van der Waals surface area (Å²) in [5, 5.41) is 22.3. The van der Waals surface area contributed by atoms with E-state index < -0.39 is 81.4 Å². The Morgan fingerprint density at radius 2 is 1.56 bits per heavy atom. The Kier molecular flexibility index (Phi) is 6.97. The van der Waals surface area contributed by atoms with E-state index in [0.29, 0.717) is 5.57 Å². The van der Waals surface area contributed by atoms with Gasteiger partial charge in [-0.3, -0.25) is 34.2 Å². The lowest BCUT2D eigenvalue weighted by Crippen LogP contribution is -2.49. The summed E-state index contributed by atoms with van der Waals surface area (Å²) in [7, 11) is 0. The number of carbonyl (C=O) groups excluding carboxylic acids is 4. The molecule has 11 nitrogen and oxygen atoms in total. The van der Waals surface area contributed by atoms with Gasteiger partial charge in [-0.15, -0.1) is 13.2 Å². The van der Waals surface area contributed by atoms with Gasteiger partial charge in [0.05, 0.1) is 39.5 Å². The summed E-state index contributed by atoms with van der Waals surface area (Å²) < 4.78 is 44.0. The fraction of sp³-hybridized carbons (Fsp3) is 0.294. The number of benzene rings is 3. The number of carbonyl (C=O) groups is 4. The van der Waals surface area contributed by atoms with E-state index in [9.17, 15) is 47.6 Å². The number of nitrogens with zero attached hydrogens (tertiary/aromatic N) is 3. The van der Waals surface area contributed by atoms with Crippen molar-refractivity contribution in [1.82, 2.24) is 0 Å². The number of aromatic hydroxyl groups is 1. The standard InChI is InChI=1S/C34H26F3N3O8/c1-33-25(30(43)39(32(33)45)17-5-3-2-4-6-17)16-23-21(28(33)24-15-20(11-14-26(24)41)48-34(35,36)37)12-13-22-27(23)31(44)38(29(22)42)18-7-9-19(10-8-18)40(46)47/h2-12,14-15,22-23,25,27-28,41H,13,16H2,1H3. The molecule has 1 N–H and O–H groups in total. The van der Waals surface area contributed by atoms with Crippen LogP contribution in [0, 0.1) is 39.2 Å². The molecule has 3 fully saturated rings. The van der Waals surface area contributed by atoms with Gasteiger partial charge >= 0.3 is 6.36 Å². The monoisotopic (exact) mass is 661 g/mol. The van der Waals surface area contributed by atoms with E-state index in [1.54, 1.807) is 36.4 Å². The molecule has 2 aliphatic heterocycles. The van der Waals surface area contributed by atoms with E-state index in [-0.39, 0.29) is 35.5 Å². The summed E-state index contributed by atoms with van der Waals surface area (Å²) >= 11 is 0. The maximum absolute atomic E-state index is 14.4. The van der Waals surface area contributed by atoms with Crippen molar-refractivity contribution in [3.63, 3.8) is 0 Å². The molecule has 6 unspecified atom stereocenters. The summed E-state index contributed by atoms with van der Waals surface area (Å²) in [6, 6.07) is 16.0. The molecular formula is C34H26F3N3O8. The van der Waals surface area contributed by atoms with Crippen molar-refractivity contribution in [2.75, 3.05) is 9.80 Å². The van der Waals surface area contributed by atoms with Crippen molar-refractivity contribution in [1.29, 1.82) is 0 Å². The zero-order valence-corrected chi connectivity index (χ0v) is 25.1. The number of rotatable bonds is 5. The van der Waals surface area contributed by atoms with Gasteiger partial charge in [0.25, 0.3) is 5.69 Å². The molecule has 4 amide bonds. The number of nitro benzene ring substituents is 1. The Morgan fingerprint density at radius 1 is 0.896 bits per heavy atom. The number of hydrogen-bond acceptors (Lipinski definition) is 8. The number of alkyl halides is 3. The van der Waals surface area contributed by atoms with Gasteiger partial charge in [-0.1, -0.05) is 29.8 Å². The summed E-state index contributed by atoms with van der Waals surface area (Å²) in [4.78, 5) is 69.0. The van der Waals surface area contributed by atoms with Crippen LogP contribution in [0.5, 0.6) is 11.5 Å². The molecule has 0 aromatic heterocycles. The number of phenols is 1. The maximum atomic E-state index is 14.4. The molecule has 246 valence electrons. The van der Waals surface area contributed by atoms with Crippen molar-refractivity contribution in [2.24, 2.45) is 29.1 Å². The van der Waals surface area contributed by atoms with Gasteiger partial charge in [-0.25, -0.2) is 4.90 Å². The first kappa shape index (κ1) is 31.1. The smallest absolute Gasteiger partial charge is 0.508 e. The highest BCUT2D eigenvalue weighted by molar-refractivity contribution is 6.25. The zero-order valence-electron chi connectivity index (χ0n) is 25.1. The van der Waals surface area contributed by atoms with Crippen LogP contribution >= 0.6 is 0 Å². The first-order valence-corrected chi connectivity index (χ1v) is 15.1. The van der Waals surface area contributed by atoms with Crippen LogP contribution in [0.25, 0.3) is 0 Å². The van der Waals surface area contributed by atoms with E-state index in [4.69, 9.17) is 0 Å². The average molecular weight is 662 g/mol. The van der Waals surface area contributed by atoms with Crippen LogP contribution in [0.2, 0.25) is 0 Å². The number of ether oxygens (including phenoxy) is 1. The number of amides is 4. The number of imide groups is 2. The first-order chi connectivity index (χ1) is 22.7. The van der Waals surface area contributed by atoms with Gasteiger partial charge < -0.3 is 9.84 Å². The zero-order chi connectivity index (χ0) is 34.3. The van der Waals surface area contributed by atoms with Crippen LogP contribution in [0.4, 0.5) is 30.2 Å². The van der Waals surface area contributed by atoms with Crippen molar-refractivity contribution < 1.29 is 47.1 Å². The van der Waals surface area contributed by atoms with Crippen LogP contribution in [-0.2, 0) is 19.2 Å². The molecule has 2 heterocycles. The molecule has 2 aliphatic carbocycles. The van der Waals surface area contributed by atoms with Gasteiger partial charge in [-0.05, 0) is 68.1 Å². The molecule has 3 aromatic rings. The van der Waals surface area contributed by atoms with E-state index in [0.717, 1.165) is 28.0 Å². The molecular weight excluding hydrogens is 635 g/mol. The van der Waals surface area contributed by atoms with E-state index in [2.05, 4.69) is 4.74 Å². The Bertz CT molecular complexity index is 1930. The van der Waals surface area contributed by atoms with Gasteiger partial charge in [0.15, 0.2) is 0 Å². The maximum Gasteiger partial charge on any atom is 0.573 e. The van der Waals surface area contributed by atoms with Crippen molar-refractivity contribution >= 4 is 40.7 Å². The Hall–Kier alpha value is -5.53. The lowest BCUT2D eigenvalue weighted by molar-refractivity contribution is -0.384. The minimum atomic E-state index is -5.06. The van der Waals surface area contributed by atoms with E-state index in [1.807, 2.05) is 0 Å². The number of para-hydroxylation sites is 1. The highest BCUT2D eigenvalue weighted by atomic mass is 19.4. The predicted molar refractivity (Wildman–Crippen MR) is 161 cm³/mol. The fourth-order valence-electron chi connectivity index (χ4n) is 8.12. The van der Waals surface area contributed by atoms with Crippen molar-refractivity contribution in [3.05, 3.63) is 100 Å². The third kappa shape index (κ3) is 4.57. The minimum absolute atomic E-state index is 0.0272. The molecule has 0 spiro atoms. The Labute approximate surface area is 270 Å². The highest BCUT2D eigenvalue weighted by Gasteiger charge is 2.68. The van der Waals surface area contributed by atoms with Gasteiger partial charge in [0, 0.05) is 23.6 Å². The van der Waals surface area contributed by atoms with Gasteiger partial charge in [-0.2, -0.15) is 0 Å². The average Bonchev–Trinajstić information content (AvgIpc) is 3.41. The number of anilines is 2. The lowest BCUT2D eigenvalue weighted by atomic mass is 9.51. The summed E-state index contributed by atoms with van der Waals surface area (Å²) in [6.45, 7) is 1.54. The molecule has 3 aromatic carbocycles. The largest absolute Gasteiger partial charge is 0.573 e. The quantitative estimate of drug-likeness (QED) is 0.160. The normalized spacial score (nSPS) is 28.2. The summed E-state index contributed by atoms with van der Waals surface area (Å²) in [6.07, 6.45) is -3.37. The topological polar surface area (TPSA) is 147 Å². The SMILES string of the molecule is CC12C(=O)N(c3ccccc3)C(=O)C1CC1C(=CCC3C(=O)N(c4ccc([N+](=O)[O-])cc4)C(=O)C31)C2c1cc(OC(F)(F)F)ccc1O. The van der Waals surface area contributed by atoms with E-state index >= 15 is 0 Å². The van der Waals surface area contributed by atoms with Gasteiger partial charge in [0.1, 0.15) is 11.5 Å². The third-order valence-electron chi connectivity index (χ3n) is 10.2. The van der Waals surface area contributed by atoms with Crippen LogP contribution in [-0.4, -0.2) is 40.0 Å². The number of non-ortho nitro benzene ring substituents is 1.